The van der Waals surface area contributed by atoms with Crippen molar-refractivity contribution in [3.63, 3.8) is 0 Å². The largest absolute Gasteiger partial charge is 0.507 e. The fourth-order valence-electron chi connectivity index (χ4n) is 3.27. The zero-order valence-electron chi connectivity index (χ0n) is 17.9. The molecule has 0 unspecified atom stereocenters. The van der Waals surface area contributed by atoms with Gasteiger partial charge in [0.05, 0.1) is 0 Å². The summed E-state index contributed by atoms with van der Waals surface area (Å²) in [5.41, 5.74) is 2.92. The smallest absolute Gasteiger partial charge is 0.321 e. The van der Waals surface area contributed by atoms with Crippen LogP contribution >= 0.6 is 0 Å². The normalized spacial score (nSPS) is 10.6. The van der Waals surface area contributed by atoms with Crippen molar-refractivity contribution in [3.8, 4) is 16.9 Å². The summed E-state index contributed by atoms with van der Waals surface area (Å²) in [6.45, 7) is 2.84. The van der Waals surface area contributed by atoms with Crippen molar-refractivity contribution in [3.05, 3.63) is 48.0 Å². The van der Waals surface area contributed by atoms with Gasteiger partial charge in [-0.2, -0.15) is 0 Å². The third-order valence-corrected chi connectivity index (χ3v) is 5.10. The highest BCUT2D eigenvalue weighted by molar-refractivity contribution is 5.92. The molecule has 0 radical (unpaired) electrons. The van der Waals surface area contributed by atoms with E-state index in [1.807, 2.05) is 30.3 Å². The topological polar surface area (TPSA) is 89.9 Å². The number of hydrogen-bond donors (Lipinski definition) is 3. The van der Waals surface area contributed by atoms with Gasteiger partial charge in [-0.1, -0.05) is 56.9 Å². The maximum atomic E-state index is 12.4. The van der Waals surface area contributed by atoms with Gasteiger partial charge in [0.1, 0.15) is 5.75 Å². The molecule has 0 spiro atoms. The van der Waals surface area contributed by atoms with Crippen LogP contribution in [0.1, 0.15) is 51.0 Å². The van der Waals surface area contributed by atoms with Crippen LogP contribution in [0.25, 0.3) is 11.1 Å². The number of aliphatic carboxylic acids is 1. The van der Waals surface area contributed by atoms with Crippen molar-refractivity contribution in [2.75, 3.05) is 18.5 Å². The van der Waals surface area contributed by atoms with E-state index in [-0.39, 0.29) is 18.2 Å². The lowest BCUT2D eigenvalue weighted by Crippen LogP contribution is -2.37. The molecule has 3 N–H and O–H groups in total. The van der Waals surface area contributed by atoms with Crippen LogP contribution in [0.5, 0.6) is 5.75 Å². The lowest BCUT2D eigenvalue weighted by Gasteiger charge is -2.19. The Bertz CT molecular complexity index is 851. The Hall–Kier alpha value is -3.02. The van der Waals surface area contributed by atoms with Crippen LogP contribution in [0.15, 0.2) is 42.5 Å². The number of rotatable bonds is 11. The number of aryl methyl sites for hydroxylation is 1. The van der Waals surface area contributed by atoms with Crippen molar-refractivity contribution < 1.29 is 19.8 Å². The Kier molecular flexibility index (Phi) is 9.19. The molecule has 0 aliphatic rings. The second-order valence-corrected chi connectivity index (χ2v) is 7.50. The summed E-state index contributed by atoms with van der Waals surface area (Å²) >= 11 is 0. The minimum atomic E-state index is -0.867. The first-order valence-corrected chi connectivity index (χ1v) is 10.6. The highest BCUT2D eigenvalue weighted by Crippen LogP contribution is 2.32. The maximum absolute atomic E-state index is 12.4. The van der Waals surface area contributed by atoms with E-state index < -0.39 is 5.97 Å². The number of carbonyl (C=O) groups excluding carboxylic acids is 1. The zero-order chi connectivity index (χ0) is 21.9. The molecule has 0 bridgehead atoms. The summed E-state index contributed by atoms with van der Waals surface area (Å²) < 4.78 is 0. The summed E-state index contributed by atoms with van der Waals surface area (Å²) in [4.78, 5) is 24.7. The number of phenolic OH excluding ortho intramolecular Hbond substituents is 1. The monoisotopic (exact) mass is 412 g/mol. The van der Waals surface area contributed by atoms with Crippen molar-refractivity contribution in [2.45, 2.75) is 51.9 Å². The van der Waals surface area contributed by atoms with Crippen LogP contribution in [0.3, 0.4) is 0 Å². The highest BCUT2D eigenvalue weighted by Gasteiger charge is 2.13. The molecule has 0 heterocycles. The fourth-order valence-corrected chi connectivity index (χ4v) is 3.27. The predicted octanol–water partition coefficient (Wildman–Crippen LogP) is 5.19. The van der Waals surface area contributed by atoms with E-state index in [4.69, 9.17) is 5.11 Å². The third-order valence-electron chi connectivity index (χ3n) is 5.10. The number of urea groups is 1. The van der Waals surface area contributed by atoms with Gasteiger partial charge >= 0.3 is 12.0 Å². The Labute approximate surface area is 178 Å². The molecule has 0 aromatic heterocycles. The van der Waals surface area contributed by atoms with E-state index >= 15 is 0 Å². The molecule has 2 rings (SSSR count). The molecule has 162 valence electrons. The van der Waals surface area contributed by atoms with E-state index in [2.05, 4.69) is 12.2 Å². The van der Waals surface area contributed by atoms with Gasteiger partial charge in [0.15, 0.2) is 0 Å². The van der Waals surface area contributed by atoms with Gasteiger partial charge in [-0.25, -0.2) is 4.79 Å². The molecule has 6 nitrogen and oxygen atoms in total. The minimum absolute atomic E-state index is 0.0206. The number of carboxylic acid groups (broad SMARTS) is 1. The standard InChI is InChI=1S/C24H32N2O4/c1-3-4-5-6-7-15-25-24(30)26(2)20-10-8-9-19(17-20)21-13-11-18(16-22(21)27)12-14-23(28)29/h8-11,13,16-17,27H,3-7,12,14-15H2,1-2H3,(H,25,30)(H,28,29). The quantitative estimate of drug-likeness (QED) is 0.443. The summed E-state index contributed by atoms with van der Waals surface area (Å²) in [5, 5.41) is 22.2. The van der Waals surface area contributed by atoms with E-state index in [0.717, 1.165) is 29.7 Å². The molecule has 2 amide bonds. The Morgan fingerprint density at radius 3 is 2.50 bits per heavy atom. The van der Waals surface area contributed by atoms with Crippen molar-refractivity contribution >= 4 is 17.7 Å². The number of amides is 2. The van der Waals surface area contributed by atoms with Gasteiger partial charge in [0.2, 0.25) is 0 Å². The number of unbranched alkanes of at least 4 members (excludes halogenated alkanes) is 4. The number of aromatic hydroxyl groups is 1. The maximum Gasteiger partial charge on any atom is 0.321 e. The van der Waals surface area contributed by atoms with Crippen LogP contribution in [-0.2, 0) is 11.2 Å². The first-order chi connectivity index (χ1) is 14.4. The van der Waals surface area contributed by atoms with Gasteiger partial charge in [0, 0.05) is 31.3 Å². The molecule has 0 fully saturated rings. The molecule has 0 aliphatic heterocycles. The van der Waals surface area contributed by atoms with Crippen LogP contribution in [-0.4, -0.2) is 35.8 Å². The van der Waals surface area contributed by atoms with Crippen molar-refractivity contribution in [1.82, 2.24) is 5.32 Å². The van der Waals surface area contributed by atoms with Crippen molar-refractivity contribution in [2.24, 2.45) is 0 Å². The van der Waals surface area contributed by atoms with E-state index in [1.54, 1.807) is 24.1 Å². The van der Waals surface area contributed by atoms with Gasteiger partial charge in [-0.3, -0.25) is 9.69 Å². The third kappa shape index (κ3) is 7.10. The van der Waals surface area contributed by atoms with Crippen LogP contribution in [0.4, 0.5) is 10.5 Å². The lowest BCUT2D eigenvalue weighted by molar-refractivity contribution is -0.136. The number of hydrogen-bond acceptors (Lipinski definition) is 3. The Morgan fingerprint density at radius 2 is 1.80 bits per heavy atom. The lowest BCUT2D eigenvalue weighted by atomic mass is 10.00. The minimum Gasteiger partial charge on any atom is -0.507 e. The molecular weight excluding hydrogens is 380 g/mol. The number of phenols is 1. The van der Waals surface area contributed by atoms with Gasteiger partial charge < -0.3 is 15.5 Å². The molecule has 0 aliphatic carbocycles. The van der Waals surface area contributed by atoms with Crippen LogP contribution in [0, 0.1) is 0 Å². The van der Waals surface area contributed by atoms with Gasteiger partial charge in [-0.15, -0.1) is 0 Å². The summed E-state index contributed by atoms with van der Waals surface area (Å²) in [7, 11) is 1.72. The molecule has 2 aromatic rings. The highest BCUT2D eigenvalue weighted by atomic mass is 16.4. The van der Waals surface area contributed by atoms with Crippen molar-refractivity contribution in [1.29, 1.82) is 0 Å². The molecule has 6 heteroatoms. The number of nitrogens with one attached hydrogen (secondary N) is 1. The molecule has 0 saturated carbocycles. The average molecular weight is 413 g/mol. The predicted molar refractivity (Wildman–Crippen MR) is 120 cm³/mol. The molecule has 30 heavy (non-hydrogen) atoms. The van der Waals surface area contributed by atoms with Crippen LogP contribution < -0.4 is 10.2 Å². The first kappa shape index (κ1) is 23.3. The Balaban J connectivity index is 2.01. The van der Waals surface area contributed by atoms with E-state index in [1.165, 1.54) is 19.3 Å². The fraction of sp³-hybridized carbons (Fsp3) is 0.417. The summed E-state index contributed by atoms with van der Waals surface area (Å²) in [5.74, 6) is -0.775. The number of carboxylic acids is 1. The summed E-state index contributed by atoms with van der Waals surface area (Å²) in [6.07, 6.45) is 6.11. The Morgan fingerprint density at radius 1 is 1.03 bits per heavy atom. The number of anilines is 1. The second-order valence-electron chi connectivity index (χ2n) is 7.50. The molecule has 0 atom stereocenters. The van der Waals surface area contributed by atoms with Gasteiger partial charge in [0.25, 0.3) is 0 Å². The molecule has 0 saturated heterocycles. The first-order valence-electron chi connectivity index (χ1n) is 10.6. The second kappa shape index (κ2) is 11.9. The van der Waals surface area contributed by atoms with Crippen LogP contribution in [0.2, 0.25) is 0 Å². The summed E-state index contributed by atoms with van der Waals surface area (Å²) in [6, 6.07) is 12.5. The number of benzene rings is 2. The molecular formula is C24H32N2O4. The van der Waals surface area contributed by atoms with Gasteiger partial charge in [-0.05, 0) is 42.2 Å². The van der Waals surface area contributed by atoms with E-state index in [9.17, 15) is 14.7 Å². The SMILES string of the molecule is CCCCCCCNC(=O)N(C)c1cccc(-c2ccc(CCC(=O)O)cc2O)c1. The molecule has 2 aromatic carbocycles. The van der Waals surface area contributed by atoms with E-state index in [0.29, 0.717) is 18.5 Å². The number of nitrogens with zero attached hydrogens (tertiary/aromatic N) is 1. The average Bonchev–Trinajstić information content (AvgIpc) is 2.74. The number of carbonyl (C=O) groups is 2. The zero-order valence-corrected chi connectivity index (χ0v) is 17.9.